The van der Waals surface area contributed by atoms with Crippen LogP contribution in [0.2, 0.25) is 0 Å². The number of benzene rings is 1. The third kappa shape index (κ3) is 2.53. The molecule has 2 heterocycles. The molecule has 1 aromatic heterocycles. The van der Waals surface area contributed by atoms with Gasteiger partial charge in [0.2, 0.25) is 0 Å². The van der Waals surface area contributed by atoms with E-state index in [-0.39, 0.29) is 11.5 Å². The minimum absolute atomic E-state index is 0.161. The van der Waals surface area contributed by atoms with Crippen molar-refractivity contribution in [3.8, 4) is 23.0 Å². The lowest BCUT2D eigenvalue weighted by Crippen LogP contribution is -2.03. The average molecular weight is 278 g/mol. The Hall–Kier alpha value is -1.69. The minimum atomic E-state index is -0.190. The largest absolute Gasteiger partial charge is 0.504 e. The highest BCUT2D eigenvalue weighted by atomic mass is 32.2. The van der Waals surface area contributed by atoms with E-state index in [1.807, 2.05) is 11.8 Å². The van der Waals surface area contributed by atoms with Gasteiger partial charge in [0.15, 0.2) is 17.3 Å². The quantitative estimate of drug-likeness (QED) is 0.822. The minimum Gasteiger partial charge on any atom is -0.504 e. The van der Waals surface area contributed by atoms with Crippen LogP contribution in [0.1, 0.15) is 30.3 Å². The number of aromatic nitrogens is 2. The zero-order chi connectivity index (χ0) is 13.2. The number of rotatable bonds is 2. The third-order valence-corrected chi connectivity index (χ3v) is 4.51. The van der Waals surface area contributed by atoms with Crippen molar-refractivity contribution in [3.05, 3.63) is 24.0 Å². The monoisotopic (exact) mass is 278 g/mol. The van der Waals surface area contributed by atoms with Crippen LogP contribution >= 0.6 is 11.8 Å². The van der Waals surface area contributed by atoms with Crippen LogP contribution in [-0.4, -0.2) is 26.1 Å². The fourth-order valence-electron chi connectivity index (χ4n) is 2.08. The molecule has 1 aliphatic heterocycles. The summed E-state index contributed by atoms with van der Waals surface area (Å²) in [6, 6.07) is 4.46. The lowest BCUT2D eigenvalue weighted by molar-refractivity contribution is 0.402. The van der Waals surface area contributed by atoms with Crippen molar-refractivity contribution in [3.63, 3.8) is 0 Å². The van der Waals surface area contributed by atoms with Crippen molar-refractivity contribution >= 4 is 11.8 Å². The van der Waals surface area contributed by atoms with Gasteiger partial charge in [0, 0.05) is 5.56 Å². The van der Waals surface area contributed by atoms with Gasteiger partial charge < -0.3 is 14.7 Å². The average Bonchev–Trinajstić information content (AvgIpc) is 2.93. The molecule has 1 aliphatic rings. The van der Waals surface area contributed by atoms with Crippen molar-refractivity contribution in [2.45, 2.75) is 24.5 Å². The van der Waals surface area contributed by atoms with Crippen LogP contribution in [0.15, 0.2) is 22.7 Å². The van der Waals surface area contributed by atoms with Crippen LogP contribution < -0.4 is 0 Å². The van der Waals surface area contributed by atoms with Crippen molar-refractivity contribution in [2.75, 3.05) is 5.75 Å². The second-order valence-corrected chi connectivity index (χ2v) is 5.83. The molecular formula is C13H14N2O3S. The highest BCUT2D eigenvalue weighted by Gasteiger charge is 2.22. The van der Waals surface area contributed by atoms with Crippen LogP contribution in [0.25, 0.3) is 11.5 Å². The molecule has 1 aromatic carbocycles. The summed E-state index contributed by atoms with van der Waals surface area (Å²) in [7, 11) is 0. The van der Waals surface area contributed by atoms with Crippen LogP contribution in [0, 0.1) is 0 Å². The topological polar surface area (TPSA) is 79.4 Å². The first kappa shape index (κ1) is 12.3. The Morgan fingerprint density at radius 2 is 2.11 bits per heavy atom. The Kier molecular flexibility index (Phi) is 3.33. The number of hydrogen-bond acceptors (Lipinski definition) is 6. The van der Waals surface area contributed by atoms with E-state index in [0.29, 0.717) is 22.5 Å². The van der Waals surface area contributed by atoms with Gasteiger partial charge in [0.05, 0.1) is 5.25 Å². The van der Waals surface area contributed by atoms with Gasteiger partial charge in [-0.1, -0.05) is 11.6 Å². The predicted octanol–water partition coefficient (Wildman–Crippen LogP) is 3.11. The standard InChI is InChI=1S/C13H14N2O3S/c16-9-5-4-8(7-10(9)17)13-14-12(15-18-13)11-3-1-2-6-19-11/h4-5,7,11,16-17H,1-3,6H2. The number of thioether (sulfide) groups is 1. The predicted molar refractivity (Wildman–Crippen MR) is 72.1 cm³/mol. The summed E-state index contributed by atoms with van der Waals surface area (Å²) >= 11 is 1.86. The molecule has 0 spiro atoms. The summed E-state index contributed by atoms with van der Waals surface area (Å²) in [5, 5.41) is 23.1. The van der Waals surface area contributed by atoms with Gasteiger partial charge in [-0.3, -0.25) is 0 Å². The third-order valence-electron chi connectivity index (χ3n) is 3.13. The fraction of sp³-hybridized carbons (Fsp3) is 0.385. The normalized spacial score (nSPS) is 19.5. The molecule has 3 rings (SSSR count). The van der Waals surface area contributed by atoms with Crippen molar-refractivity contribution in [2.24, 2.45) is 0 Å². The SMILES string of the molecule is Oc1ccc(-c2nc(C3CCCCS3)no2)cc1O. The van der Waals surface area contributed by atoms with Crippen LogP contribution in [0.3, 0.4) is 0 Å². The van der Waals surface area contributed by atoms with Gasteiger partial charge in [-0.2, -0.15) is 16.7 Å². The summed E-state index contributed by atoms with van der Waals surface area (Å²) in [5.41, 5.74) is 0.606. The van der Waals surface area contributed by atoms with E-state index in [2.05, 4.69) is 10.1 Å². The molecule has 0 amide bonds. The Morgan fingerprint density at radius 1 is 1.21 bits per heavy atom. The number of phenolic OH excluding ortho intramolecular Hbond substituents is 2. The smallest absolute Gasteiger partial charge is 0.258 e. The van der Waals surface area contributed by atoms with Crippen molar-refractivity contribution in [1.82, 2.24) is 10.1 Å². The molecule has 100 valence electrons. The lowest BCUT2D eigenvalue weighted by atomic mass is 10.2. The molecule has 2 aromatic rings. The van der Waals surface area contributed by atoms with Gasteiger partial charge in [-0.15, -0.1) is 0 Å². The van der Waals surface area contributed by atoms with Gasteiger partial charge in [0.25, 0.3) is 5.89 Å². The van der Waals surface area contributed by atoms with E-state index in [0.717, 1.165) is 12.2 Å². The number of nitrogens with zero attached hydrogens (tertiary/aromatic N) is 2. The second kappa shape index (κ2) is 5.13. The first-order chi connectivity index (χ1) is 9.24. The molecule has 0 aliphatic carbocycles. The first-order valence-electron chi connectivity index (χ1n) is 6.21. The molecule has 1 fully saturated rings. The van der Waals surface area contributed by atoms with Crippen LogP contribution in [0.5, 0.6) is 11.5 Å². The van der Waals surface area contributed by atoms with Gasteiger partial charge in [0.1, 0.15) is 0 Å². The van der Waals surface area contributed by atoms with Gasteiger partial charge in [-0.05, 0) is 36.8 Å². The highest BCUT2D eigenvalue weighted by molar-refractivity contribution is 7.99. The van der Waals surface area contributed by atoms with Crippen molar-refractivity contribution in [1.29, 1.82) is 0 Å². The Balaban J connectivity index is 1.85. The van der Waals surface area contributed by atoms with Crippen molar-refractivity contribution < 1.29 is 14.7 Å². The summed E-state index contributed by atoms with van der Waals surface area (Å²) in [6.45, 7) is 0. The zero-order valence-electron chi connectivity index (χ0n) is 10.2. The first-order valence-corrected chi connectivity index (χ1v) is 7.26. The van der Waals surface area contributed by atoms with E-state index in [1.54, 1.807) is 6.07 Å². The number of hydrogen-bond donors (Lipinski definition) is 2. The molecule has 5 nitrogen and oxygen atoms in total. The molecular weight excluding hydrogens is 264 g/mol. The number of aromatic hydroxyl groups is 2. The maximum atomic E-state index is 9.47. The second-order valence-electron chi connectivity index (χ2n) is 4.52. The molecule has 1 unspecified atom stereocenters. The van der Waals surface area contributed by atoms with Gasteiger partial charge in [-0.25, -0.2) is 0 Å². The molecule has 1 atom stereocenters. The van der Waals surface area contributed by atoms with E-state index in [4.69, 9.17) is 4.52 Å². The Bertz CT molecular complexity index is 579. The fourth-order valence-corrected chi connectivity index (χ4v) is 3.32. The molecule has 19 heavy (non-hydrogen) atoms. The van der Waals surface area contributed by atoms with E-state index in [9.17, 15) is 10.2 Å². The molecule has 0 saturated carbocycles. The zero-order valence-corrected chi connectivity index (χ0v) is 11.1. The molecule has 0 bridgehead atoms. The van der Waals surface area contributed by atoms with E-state index >= 15 is 0 Å². The highest BCUT2D eigenvalue weighted by Crippen LogP contribution is 2.38. The molecule has 0 radical (unpaired) electrons. The maximum Gasteiger partial charge on any atom is 0.258 e. The summed E-state index contributed by atoms with van der Waals surface area (Å²) < 4.78 is 5.23. The molecule has 1 saturated heterocycles. The lowest BCUT2D eigenvalue weighted by Gasteiger charge is -2.17. The van der Waals surface area contributed by atoms with Crippen LogP contribution in [0.4, 0.5) is 0 Å². The summed E-state index contributed by atoms with van der Waals surface area (Å²) in [6.07, 6.45) is 3.52. The molecule has 2 N–H and O–H groups in total. The number of phenols is 2. The summed E-state index contributed by atoms with van der Waals surface area (Å²) in [4.78, 5) is 4.38. The maximum absolute atomic E-state index is 9.47. The Labute approximate surface area is 114 Å². The Morgan fingerprint density at radius 3 is 2.84 bits per heavy atom. The van der Waals surface area contributed by atoms with E-state index in [1.165, 1.54) is 25.0 Å². The van der Waals surface area contributed by atoms with E-state index < -0.39 is 0 Å². The van der Waals surface area contributed by atoms with Gasteiger partial charge >= 0.3 is 0 Å². The molecule has 6 heteroatoms. The van der Waals surface area contributed by atoms with Crippen LogP contribution in [-0.2, 0) is 0 Å². The summed E-state index contributed by atoms with van der Waals surface area (Å²) in [5.74, 6) is 1.87.